The van der Waals surface area contributed by atoms with Crippen LogP contribution >= 0.6 is 11.6 Å². The second-order valence-corrected chi connectivity index (χ2v) is 5.07. The number of nitrogens with one attached hydrogen (secondary N) is 2. The van der Waals surface area contributed by atoms with E-state index in [0.29, 0.717) is 5.56 Å². The van der Waals surface area contributed by atoms with Gasteiger partial charge in [0.2, 0.25) is 5.69 Å². The van der Waals surface area contributed by atoms with Gasteiger partial charge in [-0.1, -0.05) is 17.7 Å². The lowest BCUT2D eigenvalue weighted by Gasteiger charge is -2.14. The van der Waals surface area contributed by atoms with Gasteiger partial charge < -0.3 is 5.32 Å². The molecule has 1 aromatic heterocycles. The summed E-state index contributed by atoms with van der Waals surface area (Å²) in [7, 11) is 0. The topological polar surface area (TPSA) is 101 Å². The Morgan fingerprint density at radius 1 is 1.55 bits per heavy atom. The molecule has 2 aromatic rings. The summed E-state index contributed by atoms with van der Waals surface area (Å²) in [6.45, 7) is 3.07. The van der Waals surface area contributed by atoms with Crippen LogP contribution in [0.2, 0.25) is 5.02 Å². The van der Waals surface area contributed by atoms with Crippen molar-refractivity contribution < 1.29 is 14.1 Å². The van der Waals surface area contributed by atoms with Crippen molar-refractivity contribution in [2.45, 2.75) is 19.9 Å². The Labute approximate surface area is 129 Å². The SMILES string of the molecule is Cc1[nH]nc(C(=O)N[C@@H](C)c2ccc(F)cc2Cl)c1[N+](=O)[O-]. The number of hydrogen-bond acceptors (Lipinski definition) is 4. The van der Waals surface area contributed by atoms with Gasteiger partial charge in [-0.25, -0.2) is 4.39 Å². The van der Waals surface area contributed by atoms with Crippen LogP contribution in [0.25, 0.3) is 0 Å². The van der Waals surface area contributed by atoms with Crippen LogP contribution in [0.1, 0.15) is 34.7 Å². The van der Waals surface area contributed by atoms with Crippen molar-refractivity contribution in [2.24, 2.45) is 0 Å². The van der Waals surface area contributed by atoms with Gasteiger partial charge in [-0.3, -0.25) is 20.0 Å². The van der Waals surface area contributed by atoms with Gasteiger partial charge in [-0.15, -0.1) is 0 Å². The number of amides is 1. The molecule has 1 atom stereocenters. The Morgan fingerprint density at radius 3 is 2.82 bits per heavy atom. The number of aromatic nitrogens is 2. The first-order chi connectivity index (χ1) is 10.3. The van der Waals surface area contributed by atoms with Crippen LogP contribution < -0.4 is 5.32 Å². The molecule has 1 aromatic carbocycles. The molecule has 0 saturated heterocycles. The summed E-state index contributed by atoms with van der Waals surface area (Å²) < 4.78 is 13.0. The fourth-order valence-electron chi connectivity index (χ4n) is 2.00. The first kappa shape index (κ1) is 15.9. The number of hydrogen-bond donors (Lipinski definition) is 2. The summed E-state index contributed by atoms with van der Waals surface area (Å²) in [6, 6.07) is 3.20. The van der Waals surface area contributed by atoms with Crippen LogP contribution in [0, 0.1) is 22.9 Å². The number of H-pyrrole nitrogens is 1. The Balaban J connectivity index is 2.23. The van der Waals surface area contributed by atoms with Crippen molar-refractivity contribution in [3.05, 3.63) is 56.1 Å². The van der Waals surface area contributed by atoms with Crippen molar-refractivity contribution in [3.8, 4) is 0 Å². The molecule has 9 heteroatoms. The lowest BCUT2D eigenvalue weighted by atomic mass is 10.1. The molecule has 0 aliphatic heterocycles. The van der Waals surface area contributed by atoms with Gasteiger partial charge in [-0.05, 0) is 31.5 Å². The number of nitro groups is 1. The molecule has 0 aliphatic carbocycles. The average molecular weight is 327 g/mol. The highest BCUT2D eigenvalue weighted by Crippen LogP contribution is 2.25. The summed E-state index contributed by atoms with van der Waals surface area (Å²) in [4.78, 5) is 22.4. The van der Waals surface area contributed by atoms with Crippen molar-refractivity contribution >= 4 is 23.2 Å². The number of nitrogens with zero attached hydrogens (tertiary/aromatic N) is 2. The predicted molar refractivity (Wildman–Crippen MR) is 77.3 cm³/mol. The fraction of sp³-hybridized carbons (Fsp3) is 0.231. The summed E-state index contributed by atoms with van der Waals surface area (Å²) in [6.07, 6.45) is 0. The summed E-state index contributed by atoms with van der Waals surface area (Å²) >= 11 is 5.92. The maximum Gasteiger partial charge on any atom is 0.322 e. The van der Waals surface area contributed by atoms with Crippen LogP contribution in [-0.2, 0) is 0 Å². The minimum absolute atomic E-state index is 0.153. The van der Waals surface area contributed by atoms with E-state index >= 15 is 0 Å². The minimum Gasteiger partial charge on any atom is -0.344 e. The maximum absolute atomic E-state index is 13.0. The van der Waals surface area contributed by atoms with Crippen LogP contribution in [0.15, 0.2) is 18.2 Å². The van der Waals surface area contributed by atoms with E-state index in [0.717, 1.165) is 6.07 Å². The number of carbonyl (C=O) groups is 1. The standard InChI is InChI=1S/C13H12ClFN4O3/c1-6(9-4-3-8(15)5-10(9)14)16-13(20)11-12(19(21)22)7(2)17-18-11/h3-6H,1-2H3,(H,16,20)(H,17,18)/t6-/m0/s1. The molecule has 7 nitrogen and oxygen atoms in total. The zero-order valence-electron chi connectivity index (χ0n) is 11.7. The molecule has 0 bridgehead atoms. The molecule has 2 N–H and O–H groups in total. The smallest absolute Gasteiger partial charge is 0.322 e. The van der Waals surface area contributed by atoms with Crippen LogP contribution in [0.4, 0.5) is 10.1 Å². The number of aromatic amines is 1. The lowest BCUT2D eigenvalue weighted by Crippen LogP contribution is -2.27. The predicted octanol–water partition coefficient (Wildman–Crippen LogP) is 2.91. The molecule has 22 heavy (non-hydrogen) atoms. The van der Waals surface area contributed by atoms with Crippen molar-refractivity contribution in [1.29, 1.82) is 0 Å². The van der Waals surface area contributed by atoms with E-state index < -0.39 is 22.7 Å². The van der Waals surface area contributed by atoms with E-state index in [1.807, 2.05) is 0 Å². The lowest BCUT2D eigenvalue weighted by molar-refractivity contribution is -0.385. The quantitative estimate of drug-likeness (QED) is 0.666. The molecule has 1 heterocycles. The summed E-state index contributed by atoms with van der Waals surface area (Å²) in [5.41, 5.74) is -0.0172. The highest BCUT2D eigenvalue weighted by atomic mass is 35.5. The molecular formula is C13H12ClFN4O3. The van der Waals surface area contributed by atoms with Crippen LogP contribution in [-0.4, -0.2) is 21.0 Å². The van der Waals surface area contributed by atoms with E-state index in [1.54, 1.807) is 6.92 Å². The van der Waals surface area contributed by atoms with Crippen molar-refractivity contribution in [2.75, 3.05) is 0 Å². The average Bonchev–Trinajstić information content (AvgIpc) is 2.80. The zero-order valence-corrected chi connectivity index (χ0v) is 12.4. The largest absolute Gasteiger partial charge is 0.344 e. The zero-order chi connectivity index (χ0) is 16.4. The molecule has 0 radical (unpaired) electrons. The third kappa shape index (κ3) is 3.06. The van der Waals surface area contributed by atoms with Gasteiger partial charge in [0.05, 0.1) is 11.0 Å². The fourth-order valence-corrected chi connectivity index (χ4v) is 2.33. The second kappa shape index (κ2) is 6.10. The van der Waals surface area contributed by atoms with E-state index in [1.165, 1.54) is 19.1 Å². The highest BCUT2D eigenvalue weighted by Gasteiger charge is 2.28. The van der Waals surface area contributed by atoms with Gasteiger partial charge in [0.25, 0.3) is 5.91 Å². The molecule has 116 valence electrons. The number of benzene rings is 1. The number of halogens is 2. The number of carbonyl (C=O) groups excluding carboxylic acids is 1. The van der Waals surface area contributed by atoms with Crippen LogP contribution in [0.3, 0.4) is 0 Å². The van der Waals surface area contributed by atoms with Crippen molar-refractivity contribution in [1.82, 2.24) is 15.5 Å². The molecule has 0 fully saturated rings. The van der Waals surface area contributed by atoms with Gasteiger partial charge in [0.15, 0.2) is 0 Å². The highest BCUT2D eigenvalue weighted by molar-refractivity contribution is 6.31. The molecule has 0 saturated carbocycles. The first-order valence-electron chi connectivity index (χ1n) is 6.26. The molecular weight excluding hydrogens is 315 g/mol. The molecule has 2 rings (SSSR count). The van der Waals surface area contributed by atoms with E-state index in [9.17, 15) is 19.3 Å². The molecule has 0 spiro atoms. The van der Waals surface area contributed by atoms with Gasteiger partial charge in [0.1, 0.15) is 11.5 Å². The molecule has 0 aliphatic rings. The van der Waals surface area contributed by atoms with E-state index in [4.69, 9.17) is 11.6 Å². The minimum atomic E-state index is -0.719. The summed E-state index contributed by atoms with van der Waals surface area (Å²) in [5.74, 6) is -1.21. The molecule has 0 unspecified atom stereocenters. The maximum atomic E-state index is 13.0. The third-order valence-corrected chi connectivity index (χ3v) is 3.42. The summed E-state index contributed by atoms with van der Waals surface area (Å²) in [5, 5.41) is 19.7. The third-order valence-electron chi connectivity index (χ3n) is 3.09. The van der Waals surface area contributed by atoms with Gasteiger partial charge in [-0.2, -0.15) is 5.10 Å². The van der Waals surface area contributed by atoms with Crippen LogP contribution in [0.5, 0.6) is 0 Å². The first-order valence-corrected chi connectivity index (χ1v) is 6.64. The Bertz CT molecular complexity index is 747. The van der Waals surface area contributed by atoms with Crippen molar-refractivity contribution in [3.63, 3.8) is 0 Å². The normalized spacial score (nSPS) is 12.0. The Morgan fingerprint density at radius 2 is 2.23 bits per heavy atom. The van der Waals surface area contributed by atoms with E-state index in [-0.39, 0.29) is 22.1 Å². The number of rotatable bonds is 4. The second-order valence-electron chi connectivity index (χ2n) is 4.66. The number of aryl methyl sites for hydroxylation is 1. The Kier molecular flexibility index (Phi) is 4.41. The van der Waals surface area contributed by atoms with Gasteiger partial charge >= 0.3 is 5.69 Å². The Hall–Kier alpha value is -2.48. The molecule has 1 amide bonds. The van der Waals surface area contributed by atoms with Gasteiger partial charge in [0, 0.05) is 5.02 Å². The van der Waals surface area contributed by atoms with E-state index in [2.05, 4.69) is 15.5 Å². The monoisotopic (exact) mass is 326 g/mol.